The number of carbonyl (C=O) groups is 1. The van der Waals surface area contributed by atoms with Gasteiger partial charge in [-0.3, -0.25) is 4.79 Å². The fourth-order valence-electron chi connectivity index (χ4n) is 3.17. The number of benzene rings is 1. The molecular weight excluding hydrogens is 296 g/mol. The lowest BCUT2D eigenvalue weighted by atomic mass is 9.92. The topological polar surface area (TPSA) is 60.0 Å². The highest BCUT2D eigenvalue weighted by molar-refractivity contribution is 5.78. The Balaban J connectivity index is 2.03. The minimum Gasteiger partial charge on any atom is -0.492 e. The van der Waals surface area contributed by atoms with Crippen LogP contribution in [0.3, 0.4) is 0 Å². The van der Waals surface area contributed by atoms with Crippen LogP contribution < -0.4 is 19.5 Å². The number of ether oxygens (including phenoxy) is 3. The van der Waals surface area contributed by atoms with Gasteiger partial charge in [0.2, 0.25) is 18.4 Å². The van der Waals surface area contributed by atoms with Crippen molar-refractivity contribution in [2.45, 2.75) is 33.4 Å². The zero-order valence-electron chi connectivity index (χ0n) is 14.2. The second-order valence-corrected chi connectivity index (χ2v) is 6.39. The Labute approximate surface area is 136 Å². The Kier molecular flexibility index (Phi) is 4.35. The molecule has 0 fully saturated rings. The smallest absolute Gasteiger partial charge is 0.231 e. The van der Waals surface area contributed by atoms with E-state index in [0.717, 1.165) is 36.4 Å². The average molecular weight is 320 g/mol. The maximum atomic E-state index is 11.9. The average Bonchev–Trinajstić information content (AvgIpc) is 3.00. The van der Waals surface area contributed by atoms with E-state index in [-0.39, 0.29) is 18.6 Å². The van der Waals surface area contributed by atoms with E-state index >= 15 is 0 Å². The van der Waals surface area contributed by atoms with Crippen LogP contribution in [0.15, 0.2) is 0 Å². The maximum Gasteiger partial charge on any atom is 0.231 e. The van der Waals surface area contributed by atoms with Gasteiger partial charge in [0.15, 0.2) is 11.5 Å². The molecule has 1 aromatic carbocycles. The summed E-state index contributed by atoms with van der Waals surface area (Å²) in [7, 11) is 3.75. The number of nitrogens with one attached hydrogen (secondary N) is 1. The van der Waals surface area contributed by atoms with Crippen molar-refractivity contribution >= 4 is 5.91 Å². The van der Waals surface area contributed by atoms with Crippen LogP contribution >= 0.6 is 0 Å². The predicted octanol–water partition coefficient (Wildman–Crippen LogP) is 1.68. The standard InChI is InChI=1S/C17H24N2O4/c1-10(2)17(20)18-7-12-11-5-6-19(3)8-13(11)14(21-4)16-15(12)22-9-23-16/h10H,5-9H2,1-4H3,(H,18,20). The monoisotopic (exact) mass is 320 g/mol. The first-order chi connectivity index (χ1) is 11.0. The molecular formula is C17H24N2O4. The van der Waals surface area contributed by atoms with Crippen molar-refractivity contribution in [3.8, 4) is 17.2 Å². The minimum atomic E-state index is -0.0413. The van der Waals surface area contributed by atoms with Crippen molar-refractivity contribution in [3.63, 3.8) is 0 Å². The van der Waals surface area contributed by atoms with Crippen molar-refractivity contribution in [2.24, 2.45) is 5.92 Å². The first kappa shape index (κ1) is 15.9. The SMILES string of the molecule is COc1c2c(c(CNC(=O)C(C)C)c3c1OCO3)CCN(C)C2. The van der Waals surface area contributed by atoms with Gasteiger partial charge in [-0.25, -0.2) is 0 Å². The molecule has 0 bridgehead atoms. The molecule has 0 saturated carbocycles. The van der Waals surface area contributed by atoms with Gasteiger partial charge in [0.1, 0.15) is 0 Å². The molecule has 6 heteroatoms. The molecule has 0 aliphatic carbocycles. The number of fused-ring (bicyclic) bond motifs is 2. The van der Waals surface area contributed by atoms with E-state index in [9.17, 15) is 4.79 Å². The highest BCUT2D eigenvalue weighted by Crippen LogP contribution is 2.49. The number of carbonyl (C=O) groups excluding carboxylic acids is 1. The van der Waals surface area contributed by atoms with E-state index in [1.807, 2.05) is 13.8 Å². The van der Waals surface area contributed by atoms with Crippen LogP contribution in [0, 0.1) is 5.92 Å². The summed E-state index contributed by atoms with van der Waals surface area (Å²) in [4.78, 5) is 14.2. The highest BCUT2D eigenvalue weighted by atomic mass is 16.7. The molecule has 0 atom stereocenters. The summed E-state index contributed by atoms with van der Waals surface area (Å²) in [5, 5.41) is 3.00. The van der Waals surface area contributed by atoms with Crippen LogP contribution in [0.1, 0.15) is 30.5 Å². The number of methoxy groups -OCH3 is 1. The first-order valence-electron chi connectivity index (χ1n) is 7.99. The summed E-state index contributed by atoms with van der Waals surface area (Å²) < 4.78 is 16.9. The minimum absolute atomic E-state index is 0.0372. The van der Waals surface area contributed by atoms with Crippen LogP contribution in [0.4, 0.5) is 0 Å². The molecule has 126 valence electrons. The van der Waals surface area contributed by atoms with Gasteiger partial charge in [-0.05, 0) is 19.0 Å². The molecule has 6 nitrogen and oxygen atoms in total. The summed E-state index contributed by atoms with van der Waals surface area (Å²) >= 11 is 0. The van der Waals surface area contributed by atoms with Crippen LogP contribution in [0.25, 0.3) is 0 Å². The Bertz CT molecular complexity index is 628. The first-order valence-corrected chi connectivity index (χ1v) is 7.99. The Morgan fingerprint density at radius 3 is 2.74 bits per heavy atom. The number of hydrogen-bond acceptors (Lipinski definition) is 5. The number of amides is 1. The van der Waals surface area contributed by atoms with Gasteiger partial charge in [-0.1, -0.05) is 13.8 Å². The maximum absolute atomic E-state index is 11.9. The van der Waals surface area contributed by atoms with Crippen molar-refractivity contribution in [3.05, 3.63) is 16.7 Å². The fourth-order valence-corrected chi connectivity index (χ4v) is 3.17. The molecule has 2 heterocycles. The predicted molar refractivity (Wildman–Crippen MR) is 85.8 cm³/mol. The molecule has 0 saturated heterocycles. The van der Waals surface area contributed by atoms with Crippen molar-refractivity contribution in [1.29, 1.82) is 0 Å². The zero-order chi connectivity index (χ0) is 16.6. The van der Waals surface area contributed by atoms with E-state index < -0.39 is 0 Å². The zero-order valence-corrected chi connectivity index (χ0v) is 14.2. The van der Waals surface area contributed by atoms with Crippen LogP contribution in [0.5, 0.6) is 17.2 Å². The third-order valence-electron chi connectivity index (χ3n) is 4.44. The molecule has 2 aliphatic rings. The lowest BCUT2D eigenvalue weighted by Gasteiger charge is -2.29. The van der Waals surface area contributed by atoms with E-state index in [1.165, 1.54) is 5.56 Å². The number of likely N-dealkylation sites (N-methyl/N-ethyl adjacent to an activating group) is 1. The number of nitrogens with zero attached hydrogens (tertiary/aromatic N) is 1. The van der Waals surface area contributed by atoms with Crippen LogP contribution in [0.2, 0.25) is 0 Å². The van der Waals surface area contributed by atoms with Crippen molar-refractivity contribution in [1.82, 2.24) is 10.2 Å². The Morgan fingerprint density at radius 2 is 2.04 bits per heavy atom. The third kappa shape index (κ3) is 2.83. The molecule has 2 aliphatic heterocycles. The van der Waals surface area contributed by atoms with Crippen LogP contribution in [-0.4, -0.2) is 38.3 Å². The van der Waals surface area contributed by atoms with Crippen molar-refractivity contribution < 1.29 is 19.0 Å². The van der Waals surface area contributed by atoms with Gasteiger partial charge in [0.25, 0.3) is 0 Å². The number of rotatable bonds is 4. The van der Waals surface area contributed by atoms with E-state index in [0.29, 0.717) is 18.0 Å². The second-order valence-electron chi connectivity index (χ2n) is 6.39. The third-order valence-corrected chi connectivity index (χ3v) is 4.44. The van der Waals surface area contributed by atoms with E-state index in [4.69, 9.17) is 14.2 Å². The second kappa shape index (κ2) is 6.28. The summed E-state index contributed by atoms with van der Waals surface area (Å²) in [5.74, 6) is 2.14. The number of hydrogen-bond donors (Lipinski definition) is 1. The van der Waals surface area contributed by atoms with E-state index in [2.05, 4.69) is 17.3 Å². The summed E-state index contributed by atoms with van der Waals surface area (Å²) in [6, 6.07) is 0. The lowest BCUT2D eigenvalue weighted by molar-refractivity contribution is -0.124. The van der Waals surface area contributed by atoms with Gasteiger partial charge >= 0.3 is 0 Å². The Morgan fingerprint density at radius 1 is 1.30 bits per heavy atom. The fraction of sp³-hybridized carbons (Fsp3) is 0.588. The molecule has 1 amide bonds. The molecule has 3 rings (SSSR count). The normalized spacial score (nSPS) is 16.4. The van der Waals surface area contributed by atoms with E-state index in [1.54, 1.807) is 7.11 Å². The summed E-state index contributed by atoms with van der Waals surface area (Å²) in [6.45, 7) is 6.20. The highest BCUT2D eigenvalue weighted by Gasteiger charge is 2.32. The van der Waals surface area contributed by atoms with Gasteiger partial charge in [-0.2, -0.15) is 0 Å². The molecule has 0 unspecified atom stereocenters. The largest absolute Gasteiger partial charge is 0.492 e. The molecule has 1 aromatic rings. The summed E-state index contributed by atoms with van der Waals surface area (Å²) in [6.07, 6.45) is 0.908. The van der Waals surface area contributed by atoms with Gasteiger partial charge in [0, 0.05) is 36.7 Å². The molecule has 0 radical (unpaired) electrons. The molecule has 1 N–H and O–H groups in total. The summed E-state index contributed by atoms with van der Waals surface area (Å²) in [5.41, 5.74) is 3.38. The lowest BCUT2D eigenvalue weighted by Crippen LogP contribution is -2.31. The van der Waals surface area contributed by atoms with Gasteiger partial charge < -0.3 is 24.4 Å². The molecule has 23 heavy (non-hydrogen) atoms. The molecule has 0 spiro atoms. The van der Waals surface area contributed by atoms with Gasteiger partial charge in [-0.15, -0.1) is 0 Å². The Hall–Kier alpha value is -1.95. The van der Waals surface area contributed by atoms with Crippen molar-refractivity contribution in [2.75, 3.05) is 27.5 Å². The molecule has 0 aromatic heterocycles. The van der Waals surface area contributed by atoms with Gasteiger partial charge in [0.05, 0.1) is 7.11 Å². The van der Waals surface area contributed by atoms with Crippen LogP contribution in [-0.2, 0) is 24.3 Å². The quantitative estimate of drug-likeness (QED) is 0.915.